The van der Waals surface area contributed by atoms with Gasteiger partial charge in [0, 0.05) is 38.8 Å². The first-order valence-electron chi connectivity index (χ1n) is 8.27. The van der Waals surface area contributed by atoms with E-state index in [2.05, 4.69) is 5.32 Å². The molecule has 0 spiro atoms. The fraction of sp³-hybridized carbons (Fsp3) is 0.562. The minimum Gasteiger partial charge on any atom is -0.363 e. The number of hydrogen-bond donors (Lipinski definition) is 1. The first kappa shape index (κ1) is 20.0. The summed E-state index contributed by atoms with van der Waals surface area (Å²) in [5, 5.41) is 14.0. The maximum absolute atomic E-state index is 12.8. The highest BCUT2D eigenvalue weighted by Crippen LogP contribution is 2.36. The number of rotatable bonds is 5. The Balaban J connectivity index is 2.14. The lowest BCUT2D eigenvalue weighted by Gasteiger charge is -2.38. The number of amides is 1. The predicted octanol–water partition coefficient (Wildman–Crippen LogP) is 2.26. The molecule has 1 aromatic carbocycles. The Bertz CT molecular complexity index is 673. The Kier molecular flexibility index (Phi) is 6.06. The second-order valence-corrected chi connectivity index (χ2v) is 6.05. The number of nitro groups is 1. The minimum atomic E-state index is -4.63. The van der Waals surface area contributed by atoms with E-state index in [1.54, 1.807) is 11.8 Å². The first-order valence-corrected chi connectivity index (χ1v) is 8.27. The van der Waals surface area contributed by atoms with Crippen LogP contribution in [-0.2, 0) is 11.0 Å². The summed E-state index contributed by atoms with van der Waals surface area (Å²) in [4.78, 5) is 26.0. The second-order valence-electron chi connectivity index (χ2n) is 6.05. The molecule has 0 radical (unpaired) electrons. The zero-order valence-corrected chi connectivity index (χ0v) is 14.5. The van der Waals surface area contributed by atoms with Crippen LogP contribution < -0.4 is 10.2 Å². The SMILES string of the molecule is CCNC(=O)C(C)N1CCN(c2ccc(C(F)(F)F)cc2[N+](=O)[O-])CC1. The lowest BCUT2D eigenvalue weighted by Crippen LogP contribution is -2.54. The van der Waals surface area contributed by atoms with Crippen molar-refractivity contribution in [2.24, 2.45) is 0 Å². The van der Waals surface area contributed by atoms with E-state index >= 15 is 0 Å². The number of anilines is 1. The molecule has 144 valence electrons. The van der Waals surface area contributed by atoms with Crippen LogP contribution in [0.5, 0.6) is 0 Å². The summed E-state index contributed by atoms with van der Waals surface area (Å²) >= 11 is 0. The number of carbonyl (C=O) groups is 1. The number of alkyl halides is 3. The van der Waals surface area contributed by atoms with E-state index in [1.165, 1.54) is 0 Å². The number of nitrogens with one attached hydrogen (secondary N) is 1. The van der Waals surface area contributed by atoms with Crippen LogP contribution in [0.4, 0.5) is 24.5 Å². The van der Waals surface area contributed by atoms with Crippen molar-refractivity contribution in [2.45, 2.75) is 26.1 Å². The van der Waals surface area contributed by atoms with Gasteiger partial charge in [-0.3, -0.25) is 19.8 Å². The van der Waals surface area contributed by atoms with Crippen molar-refractivity contribution >= 4 is 17.3 Å². The van der Waals surface area contributed by atoms with Crippen molar-refractivity contribution in [1.82, 2.24) is 10.2 Å². The normalized spacial score (nSPS) is 17.0. The Hall–Kier alpha value is -2.36. The highest BCUT2D eigenvalue weighted by Gasteiger charge is 2.34. The maximum atomic E-state index is 12.8. The Morgan fingerprint density at radius 2 is 1.92 bits per heavy atom. The van der Waals surface area contributed by atoms with Gasteiger partial charge >= 0.3 is 6.18 Å². The molecule has 0 aliphatic carbocycles. The first-order chi connectivity index (χ1) is 12.1. The second kappa shape index (κ2) is 7.90. The van der Waals surface area contributed by atoms with Gasteiger partial charge in [-0.25, -0.2) is 0 Å². The number of halogens is 3. The van der Waals surface area contributed by atoms with Gasteiger partial charge in [0.1, 0.15) is 5.69 Å². The Labute approximate surface area is 148 Å². The number of hydrogen-bond acceptors (Lipinski definition) is 5. The summed E-state index contributed by atoms with van der Waals surface area (Å²) in [6.07, 6.45) is -4.63. The summed E-state index contributed by atoms with van der Waals surface area (Å²) in [6, 6.07) is 2.23. The molecule has 1 atom stereocenters. The zero-order valence-electron chi connectivity index (χ0n) is 14.5. The van der Waals surface area contributed by atoms with Crippen molar-refractivity contribution in [3.63, 3.8) is 0 Å². The summed E-state index contributed by atoms with van der Waals surface area (Å²) in [5.41, 5.74) is -1.45. The fourth-order valence-electron chi connectivity index (χ4n) is 2.95. The van der Waals surface area contributed by atoms with E-state index in [4.69, 9.17) is 0 Å². The molecule has 1 amide bonds. The van der Waals surface area contributed by atoms with Gasteiger partial charge < -0.3 is 10.2 Å². The standard InChI is InChI=1S/C16H21F3N4O3/c1-3-20-15(24)11(2)21-6-8-22(9-7-21)13-5-4-12(16(17,18)19)10-14(13)23(25)26/h4-5,10-11H,3,6-9H2,1-2H3,(H,20,24). The number of likely N-dealkylation sites (N-methyl/N-ethyl adjacent to an activating group) is 1. The highest BCUT2D eigenvalue weighted by molar-refractivity contribution is 5.81. The molecule has 1 aromatic rings. The van der Waals surface area contributed by atoms with E-state index < -0.39 is 22.4 Å². The molecular formula is C16H21F3N4O3. The third kappa shape index (κ3) is 4.43. The van der Waals surface area contributed by atoms with Crippen LogP contribution in [0.15, 0.2) is 18.2 Å². The fourth-order valence-corrected chi connectivity index (χ4v) is 2.95. The van der Waals surface area contributed by atoms with Gasteiger partial charge in [-0.05, 0) is 26.0 Å². The van der Waals surface area contributed by atoms with E-state index in [0.717, 1.165) is 12.1 Å². The van der Waals surface area contributed by atoms with Crippen LogP contribution in [0.25, 0.3) is 0 Å². The van der Waals surface area contributed by atoms with Gasteiger partial charge in [0.25, 0.3) is 5.69 Å². The molecule has 1 aliphatic rings. The topological polar surface area (TPSA) is 78.7 Å². The smallest absolute Gasteiger partial charge is 0.363 e. The van der Waals surface area contributed by atoms with Crippen LogP contribution >= 0.6 is 0 Å². The number of piperazine rings is 1. The molecule has 0 aromatic heterocycles. The van der Waals surface area contributed by atoms with Gasteiger partial charge in [-0.1, -0.05) is 0 Å². The molecule has 1 N–H and O–H groups in total. The van der Waals surface area contributed by atoms with Crippen molar-refractivity contribution in [3.8, 4) is 0 Å². The van der Waals surface area contributed by atoms with Gasteiger partial charge in [-0.15, -0.1) is 0 Å². The molecule has 1 saturated heterocycles. The third-order valence-electron chi connectivity index (χ3n) is 4.43. The summed E-state index contributed by atoms with van der Waals surface area (Å²) in [7, 11) is 0. The molecule has 2 rings (SSSR count). The van der Waals surface area contributed by atoms with E-state index in [9.17, 15) is 28.1 Å². The lowest BCUT2D eigenvalue weighted by molar-refractivity contribution is -0.384. The molecular weight excluding hydrogens is 353 g/mol. The van der Waals surface area contributed by atoms with Crippen LogP contribution in [0.2, 0.25) is 0 Å². The summed E-state index contributed by atoms with van der Waals surface area (Å²) in [6.45, 7) is 5.87. The summed E-state index contributed by atoms with van der Waals surface area (Å²) < 4.78 is 38.4. The number of nitrogens with zero attached hydrogens (tertiary/aromatic N) is 3. The van der Waals surface area contributed by atoms with Crippen molar-refractivity contribution in [2.75, 3.05) is 37.6 Å². The molecule has 26 heavy (non-hydrogen) atoms. The Morgan fingerprint density at radius 1 is 1.31 bits per heavy atom. The predicted molar refractivity (Wildman–Crippen MR) is 90.0 cm³/mol. The molecule has 0 bridgehead atoms. The van der Waals surface area contributed by atoms with E-state index in [-0.39, 0.29) is 17.6 Å². The van der Waals surface area contributed by atoms with Gasteiger partial charge in [0.2, 0.25) is 5.91 Å². The van der Waals surface area contributed by atoms with Crippen LogP contribution in [0, 0.1) is 10.1 Å². The Morgan fingerprint density at radius 3 is 2.42 bits per heavy atom. The van der Waals surface area contributed by atoms with E-state index in [0.29, 0.717) is 38.8 Å². The van der Waals surface area contributed by atoms with Crippen molar-refractivity contribution in [1.29, 1.82) is 0 Å². The molecule has 10 heteroatoms. The van der Waals surface area contributed by atoms with Crippen LogP contribution in [0.1, 0.15) is 19.4 Å². The maximum Gasteiger partial charge on any atom is 0.416 e. The third-order valence-corrected chi connectivity index (χ3v) is 4.43. The zero-order chi connectivity index (χ0) is 19.5. The molecule has 1 heterocycles. The number of carbonyl (C=O) groups excluding carboxylic acids is 1. The molecule has 1 aliphatic heterocycles. The highest BCUT2D eigenvalue weighted by atomic mass is 19.4. The summed E-state index contributed by atoms with van der Waals surface area (Å²) in [5.74, 6) is -0.0959. The molecule has 0 saturated carbocycles. The average Bonchev–Trinajstić information content (AvgIpc) is 2.60. The van der Waals surface area contributed by atoms with Gasteiger partial charge in [0.05, 0.1) is 16.5 Å². The van der Waals surface area contributed by atoms with Crippen molar-refractivity contribution in [3.05, 3.63) is 33.9 Å². The average molecular weight is 374 g/mol. The monoisotopic (exact) mass is 374 g/mol. The largest absolute Gasteiger partial charge is 0.416 e. The molecule has 1 unspecified atom stereocenters. The molecule has 7 nitrogen and oxygen atoms in total. The molecule has 1 fully saturated rings. The van der Waals surface area contributed by atoms with Crippen molar-refractivity contribution < 1.29 is 22.9 Å². The minimum absolute atomic E-state index is 0.0959. The lowest BCUT2D eigenvalue weighted by atomic mass is 10.1. The number of benzene rings is 1. The van der Waals surface area contributed by atoms with Crippen LogP contribution in [-0.4, -0.2) is 54.5 Å². The number of nitro benzene ring substituents is 1. The van der Waals surface area contributed by atoms with Gasteiger partial charge in [-0.2, -0.15) is 13.2 Å². The van der Waals surface area contributed by atoms with Gasteiger partial charge in [0.15, 0.2) is 0 Å². The van der Waals surface area contributed by atoms with E-state index in [1.807, 2.05) is 11.8 Å². The quantitative estimate of drug-likeness (QED) is 0.632. The van der Waals surface area contributed by atoms with Crippen LogP contribution in [0.3, 0.4) is 0 Å².